The number of rotatable bonds is 0. The van der Waals surface area contributed by atoms with Gasteiger partial charge in [0.1, 0.15) is 0 Å². The first kappa shape index (κ1) is 50.4. The molecule has 14 rings (SSSR count). The minimum absolute atomic E-state index is 0.0532. The number of anilines is 1. The molecule has 1 saturated carbocycles. The number of hydrogen-bond donors (Lipinski definition) is 9. The van der Waals surface area contributed by atoms with Crippen LogP contribution in [0.3, 0.4) is 0 Å². The zero-order chi connectivity index (χ0) is 44.1. The molecule has 0 amide bonds. The number of aryl methyl sites for hydroxylation is 1. The summed E-state index contributed by atoms with van der Waals surface area (Å²) in [6, 6.07) is 16.5. The molecule has 2 aromatic heterocycles. The molecule has 3 aromatic rings. The maximum atomic E-state index is 10.2. The van der Waals surface area contributed by atoms with Crippen LogP contribution in [0.5, 0.6) is 0 Å². The van der Waals surface area contributed by atoms with E-state index < -0.39 is 5.69 Å². The number of piperidine rings is 5. The normalized spacial score (nSPS) is 25.5. The number of hydrogen-bond acceptors (Lipinski definition) is 10. The van der Waals surface area contributed by atoms with E-state index in [2.05, 4.69) is 71.0 Å². The van der Waals surface area contributed by atoms with Crippen LogP contribution in [0.25, 0.3) is 0 Å². The lowest BCUT2D eigenvalue weighted by atomic mass is 9.65. The molecule has 1 aromatic carbocycles. The highest BCUT2D eigenvalue weighted by Crippen LogP contribution is 2.43. The molecule has 1 spiro atoms. The van der Waals surface area contributed by atoms with Crippen molar-refractivity contribution in [2.45, 2.75) is 134 Å². The first-order chi connectivity index (χ1) is 31.0. The van der Waals surface area contributed by atoms with Gasteiger partial charge < -0.3 is 46.8 Å². The van der Waals surface area contributed by atoms with Gasteiger partial charge in [0.05, 0.1) is 0 Å². The summed E-state index contributed by atoms with van der Waals surface area (Å²) in [6.07, 6.45) is 30.0. The van der Waals surface area contributed by atoms with Crippen molar-refractivity contribution in [2.75, 3.05) is 83.9 Å². The number of nitrogens with one attached hydrogen (secondary N) is 9. The lowest BCUT2D eigenvalue weighted by molar-refractivity contribution is 0.0603. The quantitative estimate of drug-likeness (QED) is 0.136. The highest BCUT2D eigenvalue weighted by molar-refractivity contribution is 5.52. The Bertz CT molecular complexity index is 1610. The van der Waals surface area contributed by atoms with Gasteiger partial charge in [-0.05, 0) is 191 Å². The Morgan fingerprint density at radius 2 is 1.11 bits per heavy atom. The predicted molar refractivity (Wildman–Crippen MR) is 261 cm³/mol. The van der Waals surface area contributed by atoms with Crippen LogP contribution < -0.4 is 48.7 Å². The predicted octanol–water partition coefficient (Wildman–Crippen LogP) is 5.75. The molecule has 9 N–H and O–H groups in total. The molecule has 11 aliphatic rings. The third kappa shape index (κ3) is 21.3. The Morgan fingerprint density at radius 3 is 1.44 bits per heavy atom. The molecule has 0 radical (unpaired) electrons. The highest BCUT2D eigenvalue weighted by atomic mass is 16.2. The van der Waals surface area contributed by atoms with Gasteiger partial charge in [0, 0.05) is 61.9 Å². The summed E-state index contributed by atoms with van der Waals surface area (Å²) in [5.74, 6) is 1.11. The summed E-state index contributed by atoms with van der Waals surface area (Å²) < 4.78 is 0. The molecule has 13 heteroatoms. The molecule has 9 saturated heterocycles. The smallest absolute Gasteiger partial charge is 0.325 e. The number of aromatic amines is 3. The molecular formula is C50H84N10O3. The number of fused-ring (bicyclic) bond motifs is 6. The molecule has 10 aliphatic heterocycles. The zero-order valence-electron chi connectivity index (χ0n) is 38.6. The summed E-state index contributed by atoms with van der Waals surface area (Å²) in [5, 5.41) is 19.9. The van der Waals surface area contributed by atoms with Crippen LogP contribution in [0.2, 0.25) is 0 Å². The fourth-order valence-electron chi connectivity index (χ4n) is 9.12. The molecule has 1 aliphatic carbocycles. The highest BCUT2D eigenvalue weighted by Gasteiger charge is 2.41. The van der Waals surface area contributed by atoms with Crippen molar-refractivity contribution >= 4 is 5.69 Å². The minimum atomic E-state index is -0.475. The van der Waals surface area contributed by atoms with Crippen LogP contribution in [0.15, 0.2) is 75.3 Å². The van der Waals surface area contributed by atoms with Gasteiger partial charge in [-0.3, -0.25) is 14.6 Å². The van der Waals surface area contributed by atoms with Gasteiger partial charge >= 0.3 is 5.69 Å². The van der Waals surface area contributed by atoms with Crippen molar-refractivity contribution in [1.29, 1.82) is 0 Å². The first-order valence-electron chi connectivity index (χ1n) is 25.0. The SMILES string of the molecule is C1CC2(C1)CNC2.C1CC2CCC(C1)N2.C1CCNC1.C1CCNCC1.C1CN2CCC1CC2.C1CNC1.O=c1cc[nH]c(=O)[nH]1.O=c1cccc[nH]1.c1ccc2c(c1)CCCN2. The Labute approximate surface area is 378 Å². The van der Waals surface area contributed by atoms with Crippen LogP contribution in [0.4, 0.5) is 5.69 Å². The van der Waals surface area contributed by atoms with Crippen molar-refractivity contribution in [3.8, 4) is 0 Å². The van der Waals surface area contributed by atoms with E-state index >= 15 is 0 Å². The Balaban J connectivity index is 0.000000135. The fraction of sp³-hybridized carbons (Fsp3) is 0.700. The summed E-state index contributed by atoms with van der Waals surface area (Å²) >= 11 is 0. The van der Waals surface area contributed by atoms with E-state index in [1.807, 2.05) is 4.98 Å². The third-order valence-electron chi connectivity index (χ3n) is 13.6. The second-order valence-electron chi connectivity index (χ2n) is 18.7. The lowest BCUT2D eigenvalue weighted by Crippen LogP contribution is -2.57. The van der Waals surface area contributed by atoms with Gasteiger partial charge in [0.15, 0.2) is 0 Å². The van der Waals surface area contributed by atoms with Crippen LogP contribution in [-0.2, 0) is 6.42 Å². The van der Waals surface area contributed by atoms with Crippen molar-refractivity contribution < 1.29 is 0 Å². The van der Waals surface area contributed by atoms with E-state index in [1.54, 1.807) is 18.3 Å². The number of H-pyrrole nitrogens is 3. The summed E-state index contributed by atoms with van der Waals surface area (Å²) in [6.45, 7) is 15.4. The summed E-state index contributed by atoms with van der Waals surface area (Å²) in [5.41, 5.74) is 2.72. The summed E-state index contributed by atoms with van der Waals surface area (Å²) in [7, 11) is 0. The third-order valence-corrected chi connectivity index (χ3v) is 13.6. The van der Waals surface area contributed by atoms with Gasteiger partial charge in [-0.2, -0.15) is 0 Å². The number of nitrogens with zero attached hydrogens (tertiary/aromatic N) is 1. The minimum Gasteiger partial charge on any atom is -0.385 e. The van der Waals surface area contributed by atoms with Crippen molar-refractivity contribution in [3.63, 3.8) is 0 Å². The first-order valence-corrected chi connectivity index (χ1v) is 25.0. The molecular weight excluding hydrogens is 789 g/mol. The number of aromatic nitrogens is 3. The Kier molecular flexibility index (Phi) is 24.4. The number of para-hydroxylation sites is 1. The number of pyridine rings is 1. The number of benzene rings is 1. The topological polar surface area (TPSA) is 174 Å². The van der Waals surface area contributed by atoms with Gasteiger partial charge in [-0.1, -0.05) is 43.5 Å². The Morgan fingerprint density at radius 1 is 0.508 bits per heavy atom. The fourth-order valence-corrected chi connectivity index (χ4v) is 9.12. The molecule has 2 atom stereocenters. The lowest BCUT2D eigenvalue weighted by Gasteiger charge is -2.49. The van der Waals surface area contributed by atoms with E-state index in [1.165, 1.54) is 224 Å². The average Bonchev–Trinajstić information content (AvgIpc) is 3.98. The Hall–Kier alpha value is -3.59. The van der Waals surface area contributed by atoms with E-state index in [4.69, 9.17) is 0 Å². The zero-order valence-corrected chi connectivity index (χ0v) is 38.6. The molecule has 12 heterocycles. The summed E-state index contributed by atoms with van der Waals surface area (Å²) in [4.78, 5) is 39.9. The van der Waals surface area contributed by atoms with Crippen LogP contribution in [0.1, 0.15) is 121 Å². The maximum absolute atomic E-state index is 10.2. The van der Waals surface area contributed by atoms with Gasteiger partial charge in [-0.25, -0.2) is 4.79 Å². The van der Waals surface area contributed by atoms with E-state index in [0.29, 0.717) is 0 Å². The molecule has 63 heavy (non-hydrogen) atoms. The van der Waals surface area contributed by atoms with Crippen LogP contribution >= 0.6 is 0 Å². The largest absolute Gasteiger partial charge is 0.385 e. The van der Waals surface area contributed by atoms with E-state index in [0.717, 1.165) is 30.0 Å². The van der Waals surface area contributed by atoms with Crippen molar-refractivity contribution in [1.82, 2.24) is 46.4 Å². The second kappa shape index (κ2) is 30.5. The van der Waals surface area contributed by atoms with E-state index in [9.17, 15) is 14.4 Å². The van der Waals surface area contributed by atoms with E-state index in [-0.39, 0.29) is 11.1 Å². The van der Waals surface area contributed by atoms with Gasteiger partial charge in [0.2, 0.25) is 5.56 Å². The van der Waals surface area contributed by atoms with Crippen molar-refractivity contribution in [3.05, 3.63) is 97.7 Å². The second-order valence-corrected chi connectivity index (χ2v) is 18.7. The molecule has 2 unspecified atom stereocenters. The molecule has 4 bridgehead atoms. The van der Waals surface area contributed by atoms with Crippen molar-refractivity contribution in [2.24, 2.45) is 11.3 Å². The van der Waals surface area contributed by atoms with Crippen LogP contribution in [0, 0.1) is 11.3 Å². The van der Waals surface area contributed by atoms with Gasteiger partial charge in [-0.15, -0.1) is 0 Å². The standard InChI is InChI=1S/C9H11N.2C7H13N.C6H11N.C5H5NO.C5H11N.C4H4N2O2.C4H9N.C3H7N/c1-2-6-9-8(4-1)5-3-7-10-9;1-4-8-5-2-7(1)3-6-8;1-2-6-4-5-7(3-1)8-6;1-2-6(3-1)4-7-5-6;7-5-3-1-2-4-6-5;1-2-4-6-5-3-1;7-3-1-2-5-4(8)6-3;1-2-4-5-3-1;1-2-4-3-1/h1-2,4,6,10H,3,5,7H2;7H,1-6H2;6-8H,1-5H2;7H,1-5H2;1-4H,(H,6,7);6H,1-5H2;1-2H,(H2,5,6,7,8);5H,1-4H2;4H,1-3H2. The van der Waals surface area contributed by atoms with Gasteiger partial charge in [0.25, 0.3) is 5.56 Å². The average molecular weight is 873 g/mol. The van der Waals surface area contributed by atoms with Crippen LogP contribution in [-0.4, -0.2) is 110 Å². The molecule has 10 fully saturated rings. The molecule has 13 nitrogen and oxygen atoms in total. The maximum Gasteiger partial charge on any atom is 0.325 e. The molecule has 352 valence electrons. The monoisotopic (exact) mass is 873 g/mol.